The zero-order chi connectivity index (χ0) is 13.7. The molecular weight excluding hydrogens is 298 g/mol. The fourth-order valence-electron chi connectivity index (χ4n) is 1.59. The number of aliphatic carboxylic acids is 1. The van der Waals surface area contributed by atoms with E-state index < -0.39 is 12.4 Å². The van der Waals surface area contributed by atoms with Crippen LogP contribution >= 0.6 is 15.9 Å². The predicted octanol–water partition coefficient (Wildman–Crippen LogP) is 2.23. The van der Waals surface area contributed by atoms with Crippen LogP contribution in [-0.4, -0.2) is 35.5 Å². The van der Waals surface area contributed by atoms with Gasteiger partial charge in [-0.3, -0.25) is 9.59 Å². The zero-order valence-corrected chi connectivity index (χ0v) is 12.0. The van der Waals surface area contributed by atoms with Crippen LogP contribution < -0.4 is 0 Å². The molecule has 4 nitrogen and oxygen atoms in total. The van der Waals surface area contributed by atoms with Crippen molar-refractivity contribution in [3.05, 3.63) is 33.8 Å². The lowest BCUT2D eigenvalue weighted by Crippen LogP contribution is -2.30. The van der Waals surface area contributed by atoms with Gasteiger partial charge < -0.3 is 10.0 Å². The number of amides is 1. The monoisotopic (exact) mass is 313 g/mol. The van der Waals surface area contributed by atoms with E-state index in [1.54, 1.807) is 7.05 Å². The van der Waals surface area contributed by atoms with Crippen molar-refractivity contribution in [3.8, 4) is 0 Å². The zero-order valence-electron chi connectivity index (χ0n) is 10.4. The molecule has 0 aliphatic rings. The molecule has 0 heterocycles. The van der Waals surface area contributed by atoms with E-state index in [4.69, 9.17) is 5.11 Å². The second-order valence-corrected chi connectivity index (χ2v) is 5.12. The van der Waals surface area contributed by atoms with Crippen LogP contribution in [-0.2, 0) is 16.0 Å². The second kappa shape index (κ2) is 6.54. The summed E-state index contributed by atoms with van der Waals surface area (Å²) in [6.07, 6.45) is 0.265. The minimum atomic E-state index is -1.09. The smallest absolute Gasteiger partial charge is 0.312 e. The van der Waals surface area contributed by atoms with Crippen LogP contribution in [0.4, 0.5) is 0 Å². The minimum Gasteiger partial charge on any atom is -0.481 e. The Morgan fingerprint density at radius 1 is 1.39 bits per heavy atom. The molecule has 0 saturated heterocycles. The van der Waals surface area contributed by atoms with E-state index in [-0.39, 0.29) is 5.91 Å². The summed E-state index contributed by atoms with van der Waals surface area (Å²) in [7, 11) is 1.62. The Hall–Kier alpha value is -1.36. The molecule has 5 heteroatoms. The third kappa shape index (κ3) is 4.49. The van der Waals surface area contributed by atoms with E-state index in [0.717, 1.165) is 15.6 Å². The lowest BCUT2D eigenvalue weighted by atomic mass is 10.1. The Labute approximate surface area is 115 Å². The van der Waals surface area contributed by atoms with Crippen LogP contribution in [0, 0.1) is 6.92 Å². The molecule has 1 aromatic carbocycles. The van der Waals surface area contributed by atoms with Crippen molar-refractivity contribution in [2.45, 2.75) is 19.8 Å². The molecule has 1 aromatic rings. The molecule has 0 fully saturated rings. The average molecular weight is 314 g/mol. The van der Waals surface area contributed by atoms with Crippen molar-refractivity contribution >= 4 is 27.8 Å². The van der Waals surface area contributed by atoms with Crippen LogP contribution in [0.2, 0.25) is 0 Å². The highest BCUT2D eigenvalue weighted by atomic mass is 79.9. The molecule has 0 aliphatic heterocycles. The highest BCUT2D eigenvalue weighted by Gasteiger charge is 2.13. The fraction of sp³-hybridized carbons (Fsp3) is 0.385. The molecule has 0 atom stereocenters. The SMILES string of the molecule is Cc1ccc(Br)cc1CCN(C)C(=O)CC(=O)O. The summed E-state index contributed by atoms with van der Waals surface area (Å²) in [5.41, 5.74) is 2.32. The molecule has 0 aliphatic carbocycles. The van der Waals surface area contributed by atoms with Gasteiger partial charge in [-0.25, -0.2) is 0 Å². The number of nitrogens with zero attached hydrogens (tertiary/aromatic N) is 1. The molecule has 0 bridgehead atoms. The van der Waals surface area contributed by atoms with Crippen LogP contribution in [0.3, 0.4) is 0 Å². The maximum atomic E-state index is 11.5. The predicted molar refractivity (Wildman–Crippen MR) is 72.5 cm³/mol. The number of halogens is 1. The molecule has 1 rings (SSSR count). The summed E-state index contributed by atoms with van der Waals surface area (Å²) in [5.74, 6) is -1.46. The van der Waals surface area contributed by atoms with Gasteiger partial charge in [-0.1, -0.05) is 22.0 Å². The lowest BCUT2D eigenvalue weighted by molar-refractivity contribution is -0.143. The molecule has 0 aromatic heterocycles. The third-order valence-electron chi connectivity index (χ3n) is 2.76. The van der Waals surface area contributed by atoms with Crippen molar-refractivity contribution in [2.24, 2.45) is 0 Å². The lowest BCUT2D eigenvalue weighted by Gasteiger charge is -2.17. The van der Waals surface area contributed by atoms with Crippen LogP contribution in [0.25, 0.3) is 0 Å². The molecule has 0 unspecified atom stereocenters. The van der Waals surface area contributed by atoms with Gasteiger partial charge in [-0.05, 0) is 36.6 Å². The highest BCUT2D eigenvalue weighted by molar-refractivity contribution is 9.10. The summed E-state index contributed by atoms with van der Waals surface area (Å²) in [6, 6.07) is 6.00. The van der Waals surface area contributed by atoms with Gasteiger partial charge in [-0.15, -0.1) is 0 Å². The molecule has 1 amide bonds. The van der Waals surface area contributed by atoms with Crippen molar-refractivity contribution in [1.82, 2.24) is 4.90 Å². The molecule has 98 valence electrons. The maximum absolute atomic E-state index is 11.5. The third-order valence-corrected chi connectivity index (χ3v) is 3.25. The van der Waals surface area contributed by atoms with Gasteiger partial charge in [0.05, 0.1) is 0 Å². The Balaban J connectivity index is 2.57. The van der Waals surface area contributed by atoms with Gasteiger partial charge in [0.2, 0.25) is 5.91 Å². The van der Waals surface area contributed by atoms with Gasteiger partial charge in [0, 0.05) is 18.1 Å². The van der Waals surface area contributed by atoms with E-state index in [1.165, 1.54) is 4.90 Å². The summed E-state index contributed by atoms with van der Waals surface area (Å²) in [4.78, 5) is 23.3. The summed E-state index contributed by atoms with van der Waals surface area (Å²) < 4.78 is 1.00. The van der Waals surface area contributed by atoms with Gasteiger partial charge in [-0.2, -0.15) is 0 Å². The van der Waals surface area contributed by atoms with E-state index >= 15 is 0 Å². The number of carbonyl (C=O) groups is 2. The number of rotatable bonds is 5. The Bertz CT molecular complexity index is 460. The number of hydrogen-bond donors (Lipinski definition) is 1. The Morgan fingerprint density at radius 3 is 2.67 bits per heavy atom. The van der Waals surface area contributed by atoms with Gasteiger partial charge in [0.25, 0.3) is 0 Å². The number of carboxylic acid groups (broad SMARTS) is 1. The van der Waals surface area contributed by atoms with Gasteiger partial charge in [0.15, 0.2) is 0 Å². The van der Waals surface area contributed by atoms with E-state index in [2.05, 4.69) is 15.9 Å². The molecule has 0 spiro atoms. The normalized spacial score (nSPS) is 10.2. The largest absolute Gasteiger partial charge is 0.481 e. The first-order valence-corrected chi connectivity index (χ1v) is 6.40. The number of carbonyl (C=O) groups excluding carboxylic acids is 1. The van der Waals surface area contributed by atoms with Gasteiger partial charge >= 0.3 is 5.97 Å². The fourth-order valence-corrected chi connectivity index (χ4v) is 2.00. The van der Waals surface area contributed by atoms with Crippen LogP contribution in [0.1, 0.15) is 17.5 Å². The number of benzene rings is 1. The highest BCUT2D eigenvalue weighted by Crippen LogP contribution is 2.16. The average Bonchev–Trinajstić information content (AvgIpc) is 2.29. The number of aryl methyl sites for hydroxylation is 1. The van der Waals surface area contributed by atoms with Crippen molar-refractivity contribution < 1.29 is 14.7 Å². The second-order valence-electron chi connectivity index (χ2n) is 4.21. The number of carboxylic acids is 1. The van der Waals surface area contributed by atoms with Crippen molar-refractivity contribution in [3.63, 3.8) is 0 Å². The van der Waals surface area contributed by atoms with E-state index in [1.807, 2.05) is 25.1 Å². The first kappa shape index (κ1) is 14.7. The standard InChI is InChI=1S/C13H16BrNO3/c1-9-3-4-11(14)7-10(9)5-6-15(2)12(16)8-13(17)18/h3-4,7H,5-6,8H2,1-2H3,(H,17,18). The maximum Gasteiger partial charge on any atom is 0.312 e. The molecule has 0 saturated carbocycles. The van der Waals surface area contributed by atoms with E-state index in [0.29, 0.717) is 13.0 Å². The molecule has 0 radical (unpaired) electrons. The van der Waals surface area contributed by atoms with Gasteiger partial charge in [0.1, 0.15) is 6.42 Å². The molecule has 1 N–H and O–H groups in total. The topological polar surface area (TPSA) is 57.6 Å². The van der Waals surface area contributed by atoms with Crippen LogP contribution in [0.5, 0.6) is 0 Å². The number of likely N-dealkylation sites (N-methyl/N-ethyl adjacent to an activating group) is 1. The summed E-state index contributed by atoms with van der Waals surface area (Å²) in [5, 5.41) is 8.54. The van der Waals surface area contributed by atoms with Crippen LogP contribution in [0.15, 0.2) is 22.7 Å². The quantitative estimate of drug-likeness (QED) is 0.848. The Kier molecular flexibility index (Phi) is 5.34. The molecule has 18 heavy (non-hydrogen) atoms. The number of hydrogen-bond acceptors (Lipinski definition) is 2. The first-order chi connectivity index (χ1) is 8.40. The summed E-state index contributed by atoms with van der Waals surface area (Å²) in [6.45, 7) is 2.53. The van der Waals surface area contributed by atoms with Crippen molar-refractivity contribution in [2.75, 3.05) is 13.6 Å². The molecular formula is C13H16BrNO3. The minimum absolute atomic E-state index is 0.366. The summed E-state index contributed by atoms with van der Waals surface area (Å²) >= 11 is 3.41. The Morgan fingerprint density at radius 2 is 2.06 bits per heavy atom. The van der Waals surface area contributed by atoms with Crippen molar-refractivity contribution in [1.29, 1.82) is 0 Å². The first-order valence-electron chi connectivity index (χ1n) is 5.61. The van der Waals surface area contributed by atoms with E-state index in [9.17, 15) is 9.59 Å².